The molecular weight excluding hydrogens is 290 g/mol. The Hall–Kier alpha value is -2.41. The molecule has 7 heteroatoms. The maximum Gasteiger partial charge on any atom is 0.269 e. The number of carbonyl (C=O) groups excluding carboxylic acids is 1. The summed E-state index contributed by atoms with van der Waals surface area (Å²) in [6.45, 7) is 1.82. The lowest BCUT2D eigenvalue weighted by molar-refractivity contribution is 0.0865. The zero-order chi connectivity index (χ0) is 15.2. The van der Waals surface area contributed by atoms with Crippen LogP contribution in [0.4, 0.5) is 5.69 Å². The third-order valence-corrected chi connectivity index (χ3v) is 5.06. The van der Waals surface area contributed by atoms with Crippen molar-refractivity contribution in [3.63, 3.8) is 0 Å². The van der Waals surface area contributed by atoms with Crippen LogP contribution >= 0.6 is 0 Å². The molecule has 0 spiro atoms. The van der Waals surface area contributed by atoms with Crippen molar-refractivity contribution >= 4 is 21.6 Å². The van der Waals surface area contributed by atoms with Crippen molar-refractivity contribution in [2.24, 2.45) is 0 Å². The second-order valence-electron chi connectivity index (χ2n) is 4.94. The van der Waals surface area contributed by atoms with Crippen molar-refractivity contribution < 1.29 is 13.2 Å². The van der Waals surface area contributed by atoms with E-state index in [0.717, 1.165) is 9.87 Å². The molecule has 0 radical (unpaired) electrons. The summed E-state index contributed by atoms with van der Waals surface area (Å²) >= 11 is 0. The monoisotopic (exact) mass is 303 g/mol. The topological polar surface area (TPSA) is 93.4 Å². The first kappa shape index (κ1) is 13.6. The van der Waals surface area contributed by atoms with Gasteiger partial charge in [-0.25, -0.2) is 12.7 Å². The number of fused-ring (bicyclic) bond motifs is 1. The van der Waals surface area contributed by atoms with Crippen LogP contribution in [-0.2, 0) is 16.6 Å². The fourth-order valence-electron chi connectivity index (χ4n) is 2.32. The van der Waals surface area contributed by atoms with E-state index in [4.69, 9.17) is 5.73 Å². The quantitative estimate of drug-likeness (QED) is 0.844. The van der Waals surface area contributed by atoms with Gasteiger partial charge < -0.3 is 5.73 Å². The number of anilines is 1. The molecular formula is C14H13N3O3S. The van der Waals surface area contributed by atoms with Gasteiger partial charge in [0.25, 0.3) is 15.9 Å². The first-order valence-corrected chi connectivity index (χ1v) is 7.71. The number of carbonyl (C=O) groups is 1. The molecule has 2 heterocycles. The minimum atomic E-state index is -3.85. The molecule has 6 nitrogen and oxygen atoms in total. The van der Waals surface area contributed by atoms with E-state index in [1.807, 2.05) is 6.92 Å². The lowest BCUT2D eigenvalue weighted by Crippen LogP contribution is -2.29. The summed E-state index contributed by atoms with van der Waals surface area (Å²) in [5.74, 6) is -0.536. The van der Waals surface area contributed by atoms with Gasteiger partial charge in [0.15, 0.2) is 0 Å². The van der Waals surface area contributed by atoms with Crippen LogP contribution in [0, 0.1) is 6.92 Å². The Morgan fingerprint density at radius 2 is 2.00 bits per heavy atom. The first-order chi connectivity index (χ1) is 9.89. The number of nitrogens with zero attached hydrogens (tertiary/aromatic N) is 2. The Kier molecular flexibility index (Phi) is 2.94. The Labute approximate surface area is 122 Å². The smallest absolute Gasteiger partial charge is 0.269 e. The molecule has 1 aliphatic heterocycles. The zero-order valence-corrected chi connectivity index (χ0v) is 12.1. The van der Waals surface area contributed by atoms with E-state index in [-0.39, 0.29) is 17.0 Å². The highest BCUT2D eigenvalue weighted by Crippen LogP contribution is 2.32. The largest absolute Gasteiger partial charge is 0.399 e. The number of benzene rings is 1. The third kappa shape index (κ3) is 2.15. The van der Waals surface area contributed by atoms with Crippen LogP contribution in [0.2, 0.25) is 0 Å². The summed E-state index contributed by atoms with van der Waals surface area (Å²) in [4.78, 5) is 16.3. The van der Waals surface area contributed by atoms with E-state index in [2.05, 4.69) is 4.98 Å². The molecule has 21 heavy (non-hydrogen) atoms. The van der Waals surface area contributed by atoms with Gasteiger partial charge >= 0.3 is 0 Å². The average Bonchev–Trinajstić information content (AvgIpc) is 2.60. The number of aryl methyl sites for hydroxylation is 1. The summed E-state index contributed by atoms with van der Waals surface area (Å²) < 4.78 is 25.8. The fourth-order valence-corrected chi connectivity index (χ4v) is 3.91. The number of nitrogens with two attached hydrogens (primary N) is 1. The number of sulfonamides is 1. The molecule has 0 aliphatic carbocycles. The number of hydrogen-bond acceptors (Lipinski definition) is 5. The minimum Gasteiger partial charge on any atom is -0.399 e. The van der Waals surface area contributed by atoms with Gasteiger partial charge in [-0.2, -0.15) is 0 Å². The molecule has 1 aromatic heterocycles. The van der Waals surface area contributed by atoms with Gasteiger partial charge in [0.05, 0.1) is 12.1 Å². The van der Waals surface area contributed by atoms with Gasteiger partial charge in [-0.1, -0.05) is 6.07 Å². The number of aromatic nitrogens is 1. The van der Waals surface area contributed by atoms with E-state index in [0.29, 0.717) is 11.3 Å². The van der Waals surface area contributed by atoms with Gasteiger partial charge in [0.2, 0.25) is 0 Å². The van der Waals surface area contributed by atoms with Crippen LogP contribution in [0.15, 0.2) is 41.6 Å². The fraction of sp³-hybridized carbons (Fsp3) is 0.143. The summed E-state index contributed by atoms with van der Waals surface area (Å²) in [5, 5.41) is 0. The molecule has 3 rings (SSSR count). The van der Waals surface area contributed by atoms with Crippen molar-refractivity contribution in [1.82, 2.24) is 9.29 Å². The highest BCUT2D eigenvalue weighted by atomic mass is 32.2. The van der Waals surface area contributed by atoms with E-state index >= 15 is 0 Å². The highest BCUT2D eigenvalue weighted by Gasteiger charge is 2.41. The molecule has 1 amide bonds. The lowest BCUT2D eigenvalue weighted by Gasteiger charge is -2.15. The second kappa shape index (κ2) is 4.56. The predicted molar refractivity (Wildman–Crippen MR) is 76.9 cm³/mol. The molecule has 108 valence electrons. The first-order valence-electron chi connectivity index (χ1n) is 6.27. The van der Waals surface area contributed by atoms with Crippen LogP contribution in [-0.4, -0.2) is 23.6 Å². The van der Waals surface area contributed by atoms with Crippen molar-refractivity contribution in [3.8, 4) is 0 Å². The summed E-state index contributed by atoms with van der Waals surface area (Å²) in [6, 6.07) is 6.08. The normalized spacial score (nSPS) is 16.0. The van der Waals surface area contributed by atoms with Crippen molar-refractivity contribution in [3.05, 3.63) is 53.3 Å². The van der Waals surface area contributed by atoms with Crippen LogP contribution in [0.1, 0.15) is 21.5 Å². The molecule has 2 aromatic rings. The van der Waals surface area contributed by atoms with Crippen LogP contribution in [0.5, 0.6) is 0 Å². The Bertz CT molecular complexity index is 846. The summed E-state index contributed by atoms with van der Waals surface area (Å²) in [6.07, 6.45) is 3.21. The number of amides is 1. The average molecular weight is 303 g/mol. The Balaban J connectivity index is 2.04. The van der Waals surface area contributed by atoms with Gasteiger partial charge in [-0.15, -0.1) is 0 Å². The summed E-state index contributed by atoms with van der Waals surface area (Å²) in [5.41, 5.74) is 7.64. The second-order valence-corrected chi connectivity index (χ2v) is 6.77. The van der Waals surface area contributed by atoms with Crippen LogP contribution in [0.3, 0.4) is 0 Å². The lowest BCUT2D eigenvalue weighted by atomic mass is 10.2. The van der Waals surface area contributed by atoms with E-state index in [9.17, 15) is 13.2 Å². The predicted octanol–water partition coefficient (Wildman–Crippen LogP) is 1.32. The van der Waals surface area contributed by atoms with E-state index < -0.39 is 15.9 Å². The van der Waals surface area contributed by atoms with Gasteiger partial charge in [0.1, 0.15) is 4.90 Å². The van der Waals surface area contributed by atoms with Gasteiger partial charge in [0, 0.05) is 18.1 Å². The molecule has 2 N–H and O–H groups in total. The third-order valence-electron chi connectivity index (χ3n) is 3.29. The zero-order valence-electron chi connectivity index (χ0n) is 11.3. The minimum absolute atomic E-state index is 0.0342. The van der Waals surface area contributed by atoms with Crippen LogP contribution < -0.4 is 5.73 Å². The van der Waals surface area contributed by atoms with Crippen molar-refractivity contribution in [1.29, 1.82) is 0 Å². The Morgan fingerprint density at radius 1 is 1.24 bits per heavy atom. The number of hydrogen-bond donors (Lipinski definition) is 1. The molecule has 0 saturated carbocycles. The molecule has 0 unspecified atom stereocenters. The van der Waals surface area contributed by atoms with Crippen molar-refractivity contribution in [2.75, 3.05) is 5.73 Å². The van der Waals surface area contributed by atoms with Gasteiger partial charge in [-0.05, 0) is 36.2 Å². The molecule has 0 fully saturated rings. The maximum atomic E-state index is 12.5. The molecule has 0 atom stereocenters. The van der Waals surface area contributed by atoms with E-state index in [1.54, 1.807) is 18.5 Å². The van der Waals surface area contributed by atoms with E-state index in [1.165, 1.54) is 18.2 Å². The molecule has 0 saturated heterocycles. The molecule has 1 aliphatic rings. The highest BCUT2D eigenvalue weighted by molar-refractivity contribution is 7.90. The SMILES string of the molecule is Cc1cncc(CN2C(=O)c3ccc(N)cc3S2(=O)=O)c1. The number of nitrogen functional groups attached to an aromatic ring is 1. The standard InChI is InChI=1S/C14H13N3O3S/c1-9-4-10(7-16-6-9)8-17-14(18)12-3-2-11(15)5-13(12)21(17,19)20/h2-7H,8,15H2,1H3. The maximum absolute atomic E-state index is 12.5. The number of pyridine rings is 1. The van der Waals surface area contributed by atoms with Gasteiger partial charge in [-0.3, -0.25) is 9.78 Å². The van der Waals surface area contributed by atoms with Crippen LogP contribution in [0.25, 0.3) is 0 Å². The molecule has 1 aromatic carbocycles. The number of rotatable bonds is 2. The van der Waals surface area contributed by atoms with Crippen molar-refractivity contribution in [2.45, 2.75) is 18.4 Å². The Morgan fingerprint density at radius 3 is 2.71 bits per heavy atom. The molecule has 0 bridgehead atoms. The summed E-state index contributed by atoms with van der Waals surface area (Å²) in [7, 11) is -3.85.